The highest BCUT2D eigenvalue weighted by Crippen LogP contribution is 2.27. The van der Waals surface area contributed by atoms with E-state index in [1.165, 1.54) is 0 Å². The van der Waals surface area contributed by atoms with Gasteiger partial charge in [0.15, 0.2) is 0 Å². The summed E-state index contributed by atoms with van der Waals surface area (Å²) in [6.45, 7) is 5.91. The lowest BCUT2D eigenvalue weighted by atomic mass is 10.3. The Morgan fingerprint density at radius 3 is 1.47 bits per heavy atom. The number of ether oxygens (including phenoxy) is 6. The van der Waals surface area contributed by atoms with Crippen molar-refractivity contribution in [2.24, 2.45) is 0 Å². The normalized spacial score (nSPS) is 34.9. The number of hydrogen-bond acceptors (Lipinski definition) is 6. The van der Waals surface area contributed by atoms with Gasteiger partial charge in [-0.3, -0.25) is 0 Å². The summed E-state index contributed by atoms with van der Waals surface area (Å²) < 4.78 is 33.1. The molecule has 3 unspecified atom stereocenters. The van der Waals surface area contributed by atoms with Crippen molar-refractivity contribution >= 4 is 0 Å². The molecule has 3 aliphatic heterocycles. The minimum absolute atomic E-state index is 0.192. The third kappa shape index (κ3) is 4.66. The number of hydrogen-bond donors (Lipinski definition) is 0. The molecule has 0 N–H and O–H groups in total. The van der Waals surface area contributed by atoms with Crippen LogP contribution in [-0.4, -0.2) is 63.9 Å². The van der Waals surface area contributed by atoms with Crippen LogP contribution in [0.3, 0.4) is 0 Å². The van der Waals surface area contributed by atoms with Crippen LogP contribution in [0.1, 0.15) is 19.8 Å². The number of rotatable bonds is 11. The SMILES string of the molecule is CCCC(OCC1CO1)(OCC1CO1)OCC1CO1. The van der Waals surface area contributed by atoms with E-state index in [-0.39, 0.29) is 18.3 Å². The molecule has 0 amide bonds. The van der Waals surface area contributed by atoms with Gasteiger partial charge in [0.25, 0.3) is 5.97 Å². The molecule has 3 fully saturated rings. The third-order valence-corrected chi connectivity index (χ3v) is 3.23. The van der Waals surface area contributed by atoms with Gasteiger partial charge in [-0.1, -0.05) is 6.92 Å². The molecule has 3 rings (SSSR count). The molecular formula is C13H22O6. The molecule has 3 heterocycles. The lowest BCUT2D eigenvalue weighted by Gasteiger charge is -2.32. The quantitative estimate of drug-likeness (QED) is 0.408. The maximum Gasteiger partial charge on any atom is 0.283 e. The summed E-state index contributed by atoms with van der Waals surface area (Å²) in [7, 11) is 0. The van der Waals surface area contributed by atoms with E-state index in [1.54, 1.807) is 0 Å². The lowest BCUT2D eigenvalue weighted by molar-refractivity contribution is -0.385. The first-order valence-corrected chi connectivity index (χ1v) is 7.06. The monoisotopic (exact) mass is 274 g/mol. The molecule has 0 saturated carbocycles. The molecule has 0 spiro atoms. The van der Waals surface area contributed by atoms with E-state index in [0.29, 0.717) is 26.2 Å². The van der Waals surface area contributed by atoms with Crippen LogP contribution in [0.5, 0.6) is 0 Å². The zero-order chi connectivity index (χ0) is 13.1. The van der Waals surface area contributed by atoms with E-state index in [2.05, 4.69) is 6.92 Å². The molecule has 0 radical (unpaired) electrons. The zero-order valence-corrected chi connectivity index (χ0v) is 11.3. The van der Waals surface area contributed by atoms with Gasteiger partial charge in [-0.2, -0.15) is 0 Å². The molecule has 6 heteroatoms. The van der Waals surface area contributed by atoms with Crippen LogP contribution in [0.25, 0.3) is 0 Å². The summed E-state index contributed by atoms with van der Waals surface area (Å²) in [6, 6.07) is 0. The van der Waals surface area contributed by atoms with Crippen LogP contribution in [0, 0.1) is 0 Å². The Bertz CT molecular complexity index is 244. The zero-order valence-electron chi connectivity index (χ0n) is 11.3. The van der Waals surface area contributed by atoms with Crippen molar-refractivity contribution in [1.29, 1.82) is 0 Å². The molecule has 3 saturated heterocycles. The maximum atomic E-state index is 5.87. The minimum Gasteiger partial charge on any atom is -0.371 e. The molecule has 6 nitrogen and oxygen atoms in total. The summed E-state index contributed by atoms with van der Waals surface area (Å²) in [6.07, 6.45) is 2.19. The second kappa shape index (κ2) is 6.03. The maximum absolute atomic E-state index is 5.87. The Morgan fingerprint density at radius 2 is 1.21 bits per heavy atom. The average molecular weight is 274 g/mol. The Morgan fingerprint density at radius 1 is 0.842 bits per heavy atom. The lowest BCUT2D eigenvalue weighted by Crippen LogP contribution is -2.42. The molecule has 3 atom stereocenters. The summed E-state index contributed by atoms with van der Waals surface area (Å²) in [5.41, 5.74) is 0. The van der Waals surface area contributed by atoms with E-state index in [0.717, 1.165) is 26.2 Å². The average Bonchev–Trinajstić information content (AvgIpc) is 3.30. The highest BCUT2D eigenvalue weighted by molar-refractivity contribution is 4.74. The summed E-state index contributed by atoms with van der Waals surface area (Å²) in [4.78, 5) is 0. The Balaban J connectivity index is 1.52. The fourth-order valence-corrected chi connectivity index (χ4v) is 1.80. The van der Waals surface area contributed by atoms with Gasteiger partial charge in [-0.15, -0.1) is 0 Å². The van der Waals surface area contributed by atoms with Crippen molar-refractivity contribution in [3.8, 4) is 0 Å². The van der Waals surface area contributed by atoms with Crippen molar-refractivity contribution in [2.75, 3.05) is 39.6 Å². The Labute approximate surface area is 113 Å². The summed E-state index contributed by atoms with van der Waals surface area (Å²) in [5.74, 6) is -0.974. The van der Waals surface area contributed by atoms with Gasteiger partial charge in [0.05, 0.1) is 39.6 Å². The van der Waals surface area contributed by atoms with Crippen molar-refractivity contribution in [3.05, 3.63) is 0 Å². The molecule has 0 aromatic carbocycles. The first kappa shape index (κ1) is 13.7. The highest BCUT2D eigenvalue weighted by atomic mass is 16.9. The van der Waals surface area contributed by atoms with Gasteiger partial charge in [0.1, 0.15) is 18.3 Å². The second-order valence-electron chi connectivity index (χ2n) is 5.23. The van der Waals surface area contributed by atoms with Crippen LogP contribution >= 0.6 is 0 Å². The molecule has 0 aromatic rings. The van der Waals surface area contributed by atoms with Gasteiger partial charge in [-0.25, -0.2) is 0 Å². The van der Waals surface area contributed by atoms with Crippen LogP contribution in [-0.2, 0) is 28.4 Å². The molecule has 110 valence electrons. The standard InChI is InChI=1S/C13H22O6/c1-2-3-13(17-7-10-4-14-10,18-8-11-5-15-11)19-9-12-6-16-12/h10-12H,2-9H2,1H3. The fraction of sp³-hybridized carbons (Fsp3) is 1.00. The first-order chi connectivity index (χ1) is 9.30. The van der Waals surface area contributed by atoms with Gasteiger partial charge < -0.3 is 28.4 Å². The topological polar surface area (TPSA) is 65.3 Å². The van der Waals surface area contributed by atoms with E-state index in [9.17, 15) is 0 Å². The van der Waals surface area contributed by atoms with Crippen LogP contribution in [0.4, 0.5) is 0 Å². The predicted molar refractivity (Wildman–Crippen MR) is 64.7 cm³/mol. The highest BCUT2D eigenvalue weighted by Gasteiger charge is 2.40. The van der Waals surface area contributed by atoms with Crippen LogP contribution in [0.15, 0.2) is 0 Å². The summed E-state index contributed by atoms with van der Waals surface area (Å²) >= 11 is 0. The van der Waals surface area contributed by atoms with Gasteiger partial charge in [0.2, 0.25) is 0 Å². The molecule has 0 aliphatic carbocycles. The first-order valence-electron chi connectivity index (χ1n) is 7.06. The van der Waals surface area contributed by atoms with E-state index in [4.69, 9.17) is 28.4 Å². The van der Waals surface area contributed by atoms with Crippen molar-refractivity contribution < 1.29 is 28.4 Å². The van der Waals surface area contributed by atoms with Crippen LogP contribution in [0.2, 0.25) is 0 Å². The molecule has 0 bridgehead atoms. The molecular weight excluding hydrogens is 252 g/mol. The van der Waals surface area contributed by atoms with Gasteiger partial charge >= 0.3 is 0 Å². The Hall–Kier alpha value is -0.240. The molecule has 19 heavy (non-hydrogen) atoms. The second-order valence-corrected chi connectivity index (χ2v) is 5.23. The third-order valence-electron chi connectivity index (χ3n) is 3.23. The molecule has 3 aliphatic rings. The summed E-state index contributed by atoms with van der Waals surface area (Å²) in [5, 5.41) is 0. The fourth-order valence-electron chi connectivity index (χ4n) is 1.80. The van der Waals surface area contributed by atoms with Crippen molar-refractivity contribution in [1.82, 2.24) is 0 Å². The Kier molecular flexibility index (Phi) is 4.36. The number of epoxide rings is 3. The predicted octanol–water partition coefficient (Wildman–Crippen LogP) is 0.687. The van der Waals surface area contributed by atoms with E-state index in [1.807, 2.05) is 0 Å². The van der Waals surface area contributed by atoms with E-state index < -0.39 is 5.97 Å². The van der Waals surface area contributed by atoms with Crippen LogP contribution < -0.4 is 0 Å². The smallest absolute Gasteiger partial charge is 0.283 e. The van der Waals surface area contributed by atoms with Gasteiger partial charge in [0, 0.05) is 6.42 Å². The minimum atomic E-state index is -0.974. The van der Waals surface area contributed by atoms with Crippen molar-refractivity contribution in [3.63, 3.8) is 0 Å². The largest absolute Gasteiger partial charge is 0.371 e. The van der Waals surface area contributed by atoms with Crippen molar-refractivity contribution in [2.45, 2.75) is 44.1 Å². The van der Waals surface area contributed by atoms with E-state index >= 15 is 0 Å². The van der Waals surface area contributed by atoms with Gasteiger partial charge in [-0.05, 0) is 6.42 Å². The molecule has 0 aromatic heterocycles.